The summed E-state index contributed by atoms with van der Waals surface area (Å²) in [5.41, 5.74) is 7.56. The van der Waals surface area contributed by atoms with E-state index in [1.165, 1.54) is 36.2 Å². The Morgan fingerprint density at radius 1 is 0.944 bits per heavy atom. The van der Waals surface area contributed by atoms with Gasteiger partial charge in [0.25, 0.3) is 11.8 Å². The number of rotatable bonds is 6. The molecule has 0 spiro atoms. The Labute approximate surface area is 206 Å². The van der Waals surface area contributed by atoms with E-state index in [1.807, 2.05) is 0 Å². The molecule has 5 rings (SSSR count). The average Bonchev–Trinajstić information content (AvgIpc) is 3.18. The van der Waals surface area contributed by atoms with Crippen LogP contribution in [0.2, 0.25) is 0 Å². The van der Waals surface area contributed by atoms with Crippen LogP contribution in [0.15, 0.2) is 60.7 Å². The summed E-state index contributed by atoms with van der Waals surface area (Å²) in [6, 6.07) is 16.2. The normalized spacial score (nSPS) is 15.7. The maximum atomic E-state index is 13.7. The van der Waals surface area contributed by atoms with Gasteiger partial charge < -0.3 is 25.4 Å². The van der Waals surface area contributed by atoms with Crippen molar-refractivity contribution in [1.82, 2.24) is 4.90 Å². The lowest BCUT2D eigenvalue weighted by atomic mass is 10.0. The topological polar surface area (TPSA) is 131 Å². The SMILES string of the molecule is COc1ccc2c(c1OC)C(=O)N1c3ccccc3C(=O)N(CC(=O)Nc3ccc(C(N)=O)cc3)C21. The molecule has 10 nitrogen and oxygen atoms in total. The molecular weight excluding hydrogens is 464 g/mol. The second-order valence-electron chi connectivity index (χ2n) is 8.25. The number of anilines is 2. The summed E-state index contributed by atoms with van der Waals surface area (Å²) in [5, 5.41) is 2.72. The first-order chi connectivity index (χ1) is 17.3. The van der Waals surface area contributed by atoms with Crippen LogP contribution in [-0.2, 0) is 4.79 Å². The molecule has 2 aliphatic rings. The first kappa shape index (κ1) is 22.9. The summed E-state index contributed by atoms with van der Waals surface area (Å²) < 4.78 is 10.9. The van der Waals surface area contributed by atoms with Gasteiger partial charge in [0.2, 0.25) is 11.8 Å². The number of hydrogen-bond acceptors (Lipinski definition) is 6. The number of hydrogen-bond donors (Lipinski definition) is 2. The molecule has 1 unspecified atom stereocenters. The third-order valence-corrected chi connectivity index (χ3v) is 6.25. The molecule has 2 aliphatic heterocycles. The van der Waals surface area contributed by atoms with E-state index in [0.29, 0.717) is 33.8 Å². The number of nitrogens with one attached hydrogen (secondary N) is 1. The van der Waals surface area contributed by atoms with Crippen LogP contribution >= 0.6 is 0 Å². The molecule has 0 radical (unpaired) electrons. The lowest BCUT2D eigenvalue weighted by molar-refractivity contribution is -0.117. The number of amides is 4. The number of primary amides is 1. The van der Waals surface area contributed by atoms with Gasteiger partial charge in [0.1, 0.15) is 12.7 Å². The van der Waals surface area contributed by atoms with Crippen LogP contribution in [0, 0.1) is 0 Å². The van der Waals surface area contributed by atoms with Crippen LogP contribution in [-0.4, -0.2) is 49.3 Å². The third kappa shape index (κ3) is 3.50. The predicted molar refractivity (Wildman–Crippen MR) is 130 cm³/mol. The molecule has 0 saturated heterocycles. The Morgan fingerprint density at radius 3 is 2.33 bits per heavy atom. The van der Waals surface area contributed by atoms with Crippen molar-refractivity contribution in [2.24, 2.45) is 5.73 Å². The zero-order chi connectivity index (χ0) is 25.6. The minimum atomic E-state index is -0.849. The summed E-state index contributed by atoms with van der Waals surface area (Å²) in [7, 11) is 2.92. The Bertz CT molecular complexity index is 1420. The van der Waals surface area contributed by atoms with Gasteiger partial charge in [-0.15, -0.1) is 0 Å². The number of para-hydroxylation sites is 1. The quantitative estimate of drug-likeness (QED) is 0.551. The molecule has 36 heavy (non-hydrogen) atoms. The number of carbonyl (C=O) groups is 4. The molecule has 3 N–H and O–H groups in total. The van der Waals surface area contributed by atoms with Crippen molar-refractivity contribution in [3.63, 3.8) is 0 Å². The molecule has 1 atom stereocenters. The van der Waals surface area contributed by atoms with E-state index in [1.54, 1.807) is 48.5 Å². The predicted octanol–water partition coefficient (Wildman–Crippen LogP) is 2.56. The zero-order valence-electron chi connectivity index (χ0n) is 19.5. The fourth-order valence-corrected chi connectivity index (χ4v) is 4.66. The van der Waals surface area contributed by atoms with Gasteiger partial charge >= 0.3 is 0 Å². The van der Waals surface area contributed by atoms with E-state index in [0.717, 1.165) is 0 Å². The van der Waals surface area contributed by atoms with E-state index < -0.39 is 18.0 Å². The number of nitrogens with zero attached hydrogens (tertiary/aromatic N) is 2. The second kappa shape index (κ2) is 8.73. The smallest absolute Gasteiger partial charge is 0.264 e. The van der Waals surface area contributed by atoms with Crippen LogP contribution in [0.5, 0.6) is 11.5 Å². The van der Waals surface area contributed by atoms with E-state index in [2.05, 4.69) is 5.32 Å². The van der Waals surface area contributed by atoms with E-state index in [4.69, 9.17) is 15.2 Å². The van der Waals surface area contributed by atoms with Crippen LogP contribution in [0.1, 0.15) is 42.8 Å². The zero-order valence-corrected chi connectivity index (χ0v) is 19.5. The van der Waals surface area contributed by atoms with Crippen molar-refractivity contribution < 1.29 is 28.7 Å². The molecule has 182 valence electrons. The van der Waals surface area contributed by atoms with E-state index in [9.17, 15) is 19.2 Å². The molecule has 0 saturated carbocycles. The number of ether oxygens (including phenoxy) is 2. The minimum absolute atomic E-state index is 0.262. The van der Waals surface area contributed by atoms with Gasteiger partial charge in [0, 0.05) is 16.8 Å². The summed E-state index contributed by atoms with van der Waals surface area (Å²) >= 11 is 0. The van der Waals surface area contributed by atoms with E-state index >= 15 is 0 Å². The molecule has 0 bridgehead atoms. The second-order valence-corrected chi connectivity index (χ2v) is 8.25. The first-order valence-corrected chi connectivity index (χ1v) is 11.0. The number of fused-ring (bicyclic) bond motifs is 5. The van der Waals surface area contributed by atoms with Gasteiger partial charge in [-0.05, 0) is 42.5 Å². The van der Waals surface area contributed by atoms with Crippen LogP contribution in [0.4, 0.5) is 11.4 Å². The van der Waals surface area contributed by atoms with Crippen LogP contribution < -0.4 is 25.4 Å². The van der Waals surface area contributed by atoms with E-state index in [-0.39, 0.29) is 29.7 Å². The highest BCUT2D eigenvalue weighted by Crippen LogP contribution is 2.49. The summed E-state index contributed by atoms with van der Waals surface area (Å²) in [6.07, 6.45) is -0.849. The van der Waals surface area contributed by atoms with Gasteiger partial charge in [0.15, 0.2) is 11.5 Å². The molecule has 10 heteroatoms. The minimum Gasteiger partial charge on any atom is -0.493 e. The number of benzene rings is 3. The molecular formula is C26H22N4O6. The van der Waals surface area contributed by atoms with Crippen molar-refractivity contribution in [3.05, 3.63) is 82.9 Å². The largest absolute Gasteiger partial charge is 0.493 e. The Balaban J connectivity index is 1.53. The van der Waals surface area contributed by atoms with Crippen molar-refractivity contribution in [2.45, 2.75) is 6.17 Å². The molecule has 4 amide bonds. The maximum absolute atomic E-state index is 13.7. The Hall–Kier alpha value is -4.86. The number of nitrogens with two attached hydrogens (primary N) is 1. The lowest BCUT2D eigenvalue weighted by Gasteiger charge is -2.40. The molecule has 0 aliphatic carbocycles. The van der Waals surface area contributed by atoms with Crippen molar-refractivity contribution in [2.75, 3.05) is 31.0 Å². The van der Waals surface area contributed by atoms with Gasteiger partial charge in [-0.25, -0.2) is 0 Å². The van der Waals surface area contributed by atoms with Gasteiger partial charge in [-0.1, -0.05) is 18.2 Å². The molecule has 3 aromatic rings. The summed E-state index contributed by atoms with van der Waals surface area (Å²) in [5.74, 6) is -1.16. The van der Waals surface area contributed by atoms with Crippen LogP contribution in [0.25, 0.3) is 0 Å². The fraction of sp³-hybridized carbons (Fsp3) is 0.154. The third-order valence-electron chi connectivity index (χ3n) is 6.25. The highest BCUT2D eigenvalue weighted by Gasteiger charge is 2.50. The van der Waals surface area contributed by atoms with Gasteiger partial charge in [-0.3, -0.25) is 24.1 Å². The molecule has 0 fully saturated rings. The first-order valence-electron chi connectivity index (χ1n) is 11.0. The van der Waals surface area contributed by atoms with Crippen LogP contribution in [0.3, 0.4) is 0 Å². The maximum Gasteiger partial charge on any atom is 0.264 e. The fourth-order valence-electron chi connectivity index (χ4n) is 4.66. The monoisotopic (exact) mass is 486 g/mol. The molecule has 2 heterocycles. The average molecular weight is 486 g/mol. The highest BCUT2D eigenvalue weighted by atomic mass is 16.5. The Kier molecular flexibility index (Phi) is 5.56. The van der Waals surface area contributed by atoms with Crippen molar-refractivity contribution in [3.8, 4) is 11.5 Å². The van der Waals surface area contributed by atoms with Gasteiger partial charge in [-0.2, -0.15) is 0 Å². The Morgan fingerprint density at radius 2 is 1.67 bits per heavy atom. The lowest BCUT2D eigenvalue weighted by Crippen LogP contribution is -2.50. The molecule has 0 aromatic heterocycles. The van der Waals surface area contributed by atoms with Crippen molar-refractivity contribution in [1.29, 1.82) is 0 Å². The number of methoxy groups -OCH3 is 2. The van der Waals surface area contributed by atoms with Crippen molar-refractivity contribution >= 4 is 35.0 Å². The number of carbonyl (C=O) groups excluding carboxylic acids is 4. The highest BCUT2D eigenvalue weighted by molar-refractivity contribution is 6.18. The van der Waals surface area contributed by atoms with Gasteiger partial charge in [0.05, 0.1) is 31.0 Å². The summed E-state index contributed by atoms with van der Waals surface area (Å²) in [4.78, 5) is 54.4. The summed E-state index contributed by atoms with van der Waals surface area (Å²) in [6.45, 7) is -0.326. The standard InChI is InChI=1S/C26H22N4O6/c1-35-19-12-11-17-21(22(19)36-2)26(34)30-18-6-4-3-5-16(18)25(33)29(24(17)30)13-20(31)28-15-9-7-14(8-10-15)23(27)32/h3-12,24H,13H2,1-2H3,(H2,27,32)(H,28,31). The molecule has 3 aromatic carbocycles.